The quantitative estimate of drug-likeness (QED) is 0.610. The maximum Gasteiger partial charge on any atom is 0.416 e. The number of hydrogen-bond acceptors (Lipinski definition) is 5. The first-order chi connectivity index (χ1) is 15.3. The summed E-state index contributed by atoms with van der Waals surface area (Å²) in [6.07, 6.45) is -3.24. The number of nitrogens with zero attached hydrogens (tertiary/aromatic N) is 3. The third-order valence-electron chi connectivity index (χ3n) is 6.31. The van der Waals surface area contributed by atoms with Crippen molar-refractivity contribution in [1.29, 1.82) is 0 Å². The number of sulfonamides is 1. The van der Waals surface area contributed by atoms with E-state index in [0.717, 1.165) is 12.1 Å². The van der Waals surface area contributed by atoms with Crippen molar-refractivity contribution < 1.29 is 30.8 Å². The number of halogens is 3. The van der Waals surface area contributed by atoms with Gasteiger partial charge in [0.1, 0.15) is 5.76 Å². The topological polar surface area (TPSA) is 83.7 Å². The summed E-state index contributed by atoms with van der Waals surface area (Å²) in [6.45, 7) is 5.88. The molecule has 1 unspecified atom stereocenters. The highest BCUT2D eigenvalue weighted by Crippen LogP contribution is 2.33. The van der Waals surface area contributed by atoms with Crippen LogP contribution in [0.15, 0.2) is 28.7 Å². The van der Waals surface area contributed by atoms with E-state index in [1.807, 2.05) is 6.92 Å². The van der Waals surface area contributed by atoms with E-state index >= 15 is 0 Å². The molecular formula is C22H28F3N3O4S. The fourth-order valence-corrected chi connectivity index (χ4v) is 5.17. The molecule has 0 spiro atoms. The number of piperidine rings is 1. The molecule has 182 valence electrons. The predicted octanol–water partition coefficient (Wildman–Crippen LogP) is 4.19. The Morgan fingerprint density at radius 3 is 2.52 bits per heavy atom. The number of carbonyl (C=O) groups excluding carboxylic acids is 1. The SMILES string of the molecule is CCS(=O)(=O)N1CCC(C(C)N(C)C(=O)c2nc(-c3cccc(C(F)(F)F)c3)oc2C)CC1. The minimum absolute atomic E-state index is 0.0442. The number of alkyl halides is 3. The average molecular weight is 488 g/mol. The fraction of sp³-hybridized carbons (Fsp3) is 0.545. The first-order valence-electron chi connectivity index (χ1n) is 10.7. The second-order valence-corrected chi connectivity index (χ2v) is 10.6. The zero-order chi connectivity index (χ0) is 24.6. The van der Waals surface area contributed by atoms with Crippen LogP contribution in [0.5, 0.6) is 0 Å². The summed E-state index contributed by atoms with van der Waals surface area (Å²) in [6, 6.07) is 4.41. The van der Waals surface area contributed by atoms with Crippen molar-refractivity contribution in [2.24, 2.45) is 5.92 Å². The van der Waals surface area contributed by atoms with Gasteiger partial charge in [-0.2, -0.15) is 13.2 Å². The summed E-state index contributed by atoms with van der Waals surface area (Å²) in [7, 11) is -1.59. The lowest BCUT2D eigenvalue weighted by Crippen LogP contribution is -2.46. The van der Waals surface area contributed by atoms with Gasteiger partial charge in [-0.3, -0.25) is 4.79 Å². The third kappa shape index (κ3) is 5.40. The van der Waals surface area contributed by atoms with Crippen LogP contribution >= 0.6 is 0 Å². The van der Waals surface area contributed by atoms with Gasteiger partial charge in [-0.15, -0.1) is 0 Å². The van der Waals surface area contributed by atoms with Gasteiger partial charge < -0.3 is 9.32 Å². The Balaban J connectivity index is 1.73. The Kier molecular flexibility index (Phi) is 7.23. The molecule has 0 bridgehead atoms. The molecule has 1 atom stereocenters. The Morgan fingerprint density at radius 2 is 1.94 bits per heavy atom. The zero-order valence-corrected chi connectivity index (χ0v) is 19.8. The van der Waals surface area contributed by atoms with Crippen LogP contribution < -0.4 is 0 Å². The van der Waals surface area contributed by atoms with E-state index in [2.05, 4.69) is 4.98 Å². The number of rotatable bonds is 6. The van der Waals surface area contributed by atoms with Crippen LogP contribution in [0.4, 0.5) is 13.2 Å². The Bertz CT molecular complexity index is 1110. The van der Waals surface area contributed by atoms with Crippen molar-refractivity contribution in [2.45, 2.75) is 45.8 Å². The number of oxazole rings is 1. The highest BCUT2D eigenvalue weighted by molar-refractivity contribution is 7.89. The monoisotopic (exact) mass is 487 g/mol. The Morgan fingerprint density at radius 1 is 1.30 bits per heavy atom. The van der Waals surface area contributed by atoms with Crippen LogP contribution in [0, 0.1) is 12.8 Å². The highest BCUT2D eigenvalue weighted by Gasteiger charge is 2.34. The summed E-state index contributed by atoms with van der Waals surface area (Å²) in [5, 5.41) is 0. The van der Waals surface area contributed by atoms with Crippen LogP contribution in [0.2, 0.25) is 0 Å². The van der Waals surface area contributed by atoms with Gasteiger partial charge in [0.25, 0.3) is 5.91 Å². The summed E-state index contributed by atoms with van der Waals surface area (Å²) in [4.78, 5) is 18.8. The number of amides is 1. The van der Waals surface area contributed by atoms with E-state index < -0.39 is 27.7 Å². The second kappa shape index (κ2) is 9.46. The fourth-order valence-electron chi connectivity index (χ4n) is 4.03. The van der Waals surface area contributed by atoms with Crippen molar-refractivity contribution >= 4 is 15.9 Å². The molecule has 0 radical (unpaired) electrons. The Labute approximate surface area is 191 Å². The summed E-state index contributed by atoms with van der Waals surface area (Å²) in [5.74, 6) is -0.0648. The number of benzene rings is 1. The van der Waals surface area contributed by atoms with Crippen molar-refractivity contribution in [3.05, 3.63) is 41.3 Å². The summed E-state index contributed by atoms with van der Waals surface area (Å²) >= 11 is 0. The van der Waals surface area contributed by atoms with E-state index in [9.17, 15) is 26.4 Å². The van der Waals surface area contributed by atoms with Crippen molar-refractivity contribution in [1.82, 2.24) is 14.2 Å². The van der Waals surface area contributed by atoms with Crippen molar-refractivity contribution in [3.8, 4) is 11.5 Å². The van der Waals surface area contributed by atoms with Crippen LogP contribution in [-0.2, 0) is 16.2 Å². The minimum atomic E-state index is -4.50. The van der Waals surface area contributed by atoms with E-state index in [0.29, 0.717) is 25.9 Å². The molecule has 0 saturated carbocycles. The molecule has 33 heavy (non-hydrogen) atoms. The molecular weight excluding hydrogens is 459 g/mol. The molecule has 1 aromatic heterocycles. The van der Waals surface area contributed by atoms with Crippen LogP contribution in [0.1, 0.15) is 48.5 Å². The molecule has 2 aromatic rings. The van der Waals surface area contributed by atoms with E-state index in [1.54, 1.807) is 20.9 Å². The van der Waals surface area contributed by atoms with E-state index in [1.165, 1.54) is 21.3 Å². The molecule has 3 rings (SSSR count). The number of aryl methyl sites for hydroxylation is 1. The maximum absolute atomic E-state index is 13.1. The lowest BCUT2D eigenvalue weighted by Gasteiger charge is -2.37. The molecule has 11 heteroatoms. The highest BCUT2D eigenvalue weighted by atomic mass is 32.2. The van der Waals surface area contributed by atoms with Crippen LogP contribution in [0.3, 0.4) is 0 Å². The normalized spacial score (nSPS) is 17.2. The molecule has 1 aliphatic rings. The molecule has 1 aromatic carbocycles. The first-order valence-corrected chi connectivity index (χ1v) is 12.4. The summed E-state index contributed by atoms with van der Waals surface area (Å²) in [5.41, 5.74) is -0.652. The molecule has 1 aliphatic heterocycles. The van der Waals surface area contributed by atoms with Gasteiger partial charge in [0.05, 0.1) is 11.3 Å². The van der Waals surface area contributed by atoms with Gasteiger partial charge in [-0.25, -0.2) is 17.7 Å². The lowest BCUT2D eigenvalue weighted by atomic mass is 9.90. The van der Waals surface area contributed by atoms with Gasteiger partial charge in [-0.05, 0) is 57.7 Å². The van der Waals surface area contributed by atoms with Gasteiger partial charge in [0.15, 0.2) is 5.69 Å². The van der Waals surface area contributed by atoms with E-state index in [4.69, 9.17) is 4.42 Å². The number of carbonyl (C=O) groups is 1. The minimum Gasteiger partial charge on any atom is -0.441 e. The average Bonchev–Trinajstić information content (AvgIpc) is 3.18. The predicted molar refractivity (Wildman–Crippen MR) is 117 cm³/mol. The van der Waals surface area contributed by atoms with Crippen molar-refractivity contribution in [3.63, 3.8) is 0 Å². The molecule has 1 fully saturated rings. The summed E-state index contributed by atoms with van der Waals surface area (Å²) < 4.78 is 70.2. The molecule has 1 amide bonds. The van der Waals surface area contributed by atoms with Gasteiger partial charge >= 0.3 is 6.18 Å². The number of aromatic nitrogens is 1. The zero-order valence-electron chi connectivity index (χ0n) is 19.0. The largest absolute Gasteiger partial charge is 0.441 e. The van der Waals surface area contributed by atoms with Gasteiger partial charge in [0.2, 0.25) is 15.9 Å². The van der Waals surface area contributed by atoms with Gasteiger partial charge in [0, 0.05) is 31.7 Å². The molecule has 0 aliphatic carbocycles. The smallest absolute Gasteiger partial charge is 0.416 e. The number of hydrogen-bond donors (Lipinski definition) is 0. The molecule has 1 saturated heterocycles. The maximum atomic E-state index is 13.1. The molecule has 0 N–H and O–H groups in total. The molecule has 7 nitrogen and oxygen atoms in total. The van der Waals surface area contributed by atoms with Crippen molar-refractivity contribution in [2.75, 3.05) is 25.9 Å². The first kappa shape index (κ1) is 25.2. The second-order valence-electron chi connectivity index (χ2n) is 8.30. The lowest BCUT2D eigenvalue weighted by molar-refractivity contribution is -0.137. The van der Waals surface area contributed by atoms with Crippen LogP contribution in [-0.4, -0.2) is 60.4 Å². The van der Waals surface area contributed by atoms with Gasteiger partial charge in [-0.1, -0.05) is 6.07 Å². The Hall–Kier alpha value is -2.40. The standard InChI is InChI=1S/C22H28F3N3O4S/c1-5-33(30,31)28-11-9-16(10-12-28)14(2)27(4)21(29)19-15(3)32-20(26-19)17-7-6-8-18(13-17)22(23,24)25/h6-8,13-14,16H,5,9-12H2,1-4H3. The third-order valence-corrected chi connectivity index (χ3v) is 8.19. The molecule has 2 heterocycles. The van der Waals surface area contributed by atoms with E-state index in [-0.39, 0.29) is 40.6 Å². The van der Waals surface area contributed by atoms with Crippen LogP contribution in [0.25, 0.3) is 11.5 Å².